The molecule has 0 N–H and O–H groups in total. The Morgan fingerprint density at radius 3 is 2.81 bits per heavy atom. The Kier molecular flexibility index (Phi) is 4.63. The number of rotatable bonds is 4. The van der Waals surface area contributed by atoms with Crippen LogP contribution in [0.15, 0.2) is 42.5 Å². The molecular weight excluding hydrogens is 404 g/mol. The van der Waals surface area contributed by atoms with Gasteiger partial charge >= 0.3 is 0 Å². The molecule has 0 radical (unpaired) electrons. The van der Waals surface area contributed by atoms with E-state index in [2.05, 4.69) is 52.9 Å². The second kappa shape index (κ2) is 7.28. The minimum atomic E-state index is 0.163. The molecule has 0 bridgehead atoms. The van der Waals surface area contributed by atoms with E-state index in [1.54, 1.807) is 7.11 Å². The van der Waals surface area contributed by atoms with Gasteiger partial charge in [0.15, 0.2) is 0 Å². The maximum atomic E-state index is 6.67. The van der Waals surface area contributed by atoms with E-state index in [9.17, 15) is 0 Å². The SMILES string of the molecule is COc1cccc(C23CCN(CC4CC4)CC2Cc2c(n(C)c4c(Cl)cccc24)C3)c1. The Morgan fingerprint density at radius 1 is 1.16 bits per heavy atom. The van der Waals surface area contributed by atoms with Crippen LogP contribution in [0.3, 0.4) is 0 Å². The number of aromatic nitrogens is 1. The molecule has 1 aliphatic heterocycles. The minimum absolute atomic E-state index is 0.163. The summed E-state index contributed by atoms with van der Waals surface area (Å²) < 4.78 is 8.00. The molecule has 3 aromatic rings. The van der Waals surface area contributed by atoms with Gasteiger partial charge in [0, 0.05) is 36.6 Å². The molecular formula is C27H31ClN2O. The van der Waals surface area contributed by atoms with Crippen molar-refractivity contribution in [2.45, 2.75) is 37.5 Å². The Labute approximate surface area is 189 Å². The summed E-state index contributed by atoms with van der Waals surface area (Å²) in [5.41, 5.74) is 5.80. The van der Waals surface area contributed by atoms with Crippen molar-refractivity contribution in [3.05, 3.63) is 64.3 Å². The van der Waals surface area contributed by atoms with Crippen molar-refractivity contribution >= 4 is 22.5 Å². The van der Waals surface area contributed by atoms with Crippen LogP contribution in [-0.4, -0.2) is 36.2 Å². The topological polar surface area (TPSA) is 17.4 Å². The third-order valence-corrected chi connectivity index (χ3v) is 8.63. The van der Waals surface area contributed by atoms with Crippen molar-refractivity contribution in [1.82, 2.24) is 9.47 Å². The smallest absolute Gasteiger partial charge is 0.119 e. The van der Waals surface area contributed by atoms with Gasteiger partial charge in [0.2, 0.25) is 0 Å². The first-order valence-corrected chi connectivity index (χ1v) is 12.1. The molecule has 1 saturated carbocycles. The highest BCUT2D eigenvalue weighted by Crippen LogP contribution is 2.51. The van der Waals surface area contributed by atoms with Crippen LogP contribution in [0.4, 0.5) is 0 Å². The van der Waals surface area contributed by atoms with E-state index in [0.29, 0.717) is 5.92 Å². The third kappa shape index (κ3) is 3.12. The van der Waals surface area contributed by atoms with Gasteiger partial charge in [-0.1, -0.05) is 35.9 Å². The number of benzene rings is 2. The molecule has 3 nitrogen and oxygen atoms in total. The fraction of sp³-hybridized carbons (Fsp3) is 0.481. The van der Waals surface area contributed by atoms with Crippen LogP contribution in [0.5, 0.6) is 5.75 Å². The number of halogens is 1. The van der Waals surface area contributed by atoms with Gasteiger partial charge in [-0.15, -0.1) is 0 Å². The number of nitrogens with zero attached hydrogens (tertiary/aromatic N) is 2. The molecule has 1 saturated heterocycles. The number of likely N-dealkylation sites (tertiary alicyclic amines) is 1. The number of piperidine rings is 1. The van der Waals surface area contributed by atoms with Crippen molar-refractivity contribution in [3.8, 4) is 5.75 Å². The zero-order chi connectivity index (χ0) is 21.2. The van der Waals surface area contributed by atoms with Crippen LogP contribution >= 0.6 is 11.6 Å². The van der Waals surface area contributed by atoms with Gasteiger partial charge in [-0.3, -0.25) is 0 Å². The van der Waals surface area contributed by atoms with Gasteiger partial charge in [-0.05, 0) is 79.8 Å². The van der Waals surface area contributed by atoms with Crippen LogP contribution in [0.1, 0.15) is 36.1 Å². The average molecular weight is 435 g/mol. The second-order valence-corrected chi connectivity index (χ2v) is 10.4. The van der Waals surface area contributed by atoms with E-state index in [-0.39, 0.29) is 5.41 Å². The van der Waals surface area contributed by atoms with Crippen molar-refractivity contribution in [3.63, 3.8) is 0 Å². The Hall–Kier alpha value is -1.97. The van der Waals surface area contributed by atoms with Crippen molar-refractivity contribution in [2.75, 3.05) is 26.7 Å². The summed E-state index contributed by atoms with van der Waals surface area (Å²) in [5, 5.41) is 2.21. The molecule has 3 aliphatic rings. The van der Waals surface area contributed by atoms with E-state index >= 15 is 0 Å². The van der Waals surface area contributed by atoms with Gasteiger partial charge in [0.1, 0.15) is 5.75 Å². The highest BCUT2D eigenvalue weighted by Gasteiger charge is 2.49. The molecule has 2 aromatic carbocycles. The lowest BCUT2D eigenvalue weighted by Crippen LogP contribution is -2.54. The summed E-state index contributed by atoms with van der Waals surface area (Å²) in [4.78, 5) is 2.75. The lowest BCUT2D eigenvalue weighted by atomic mass is 9.58. The first-order chi connectivity index (χ1) is 15.1. The average Bonchev–Trinajstić information content (AvgIpc) is 3.57. The number of methoxy groups -OCH3 is 1. The highest BCUT2D eigenvalue weighted by atomic mass is 35.5. The van der Waals surface area contributed by atoms with E-state index in [4.69, 9.17) is 16.3 Å². The van der Waals surface area contributed by atoms with Gasteiger partial charge in [-0.2, -0.15) is 0 Å². The van der Waals surface area contributed by atoms with Gasteiger partial charge in [0.25, 0.3) is 0 Å². The van der Waals surface area contributed by atoms with Gasteiger partial charge in [-0.25, -0.2) is 0 Å². The highest BCUT2D eigenvalue weighted by molar-refractivity contribution is 6.35. The number of hydrogen-bond donors (Lipinski definition) is 0. The lowest BCUT2D eigenvalue weighted by molar-refractivity contribution is 0.0776. The molecule has 2 atom stereocenters. The number of ether oxygens (including phenoxy) is 1. The third-order valence-electron chi connectivity index (χ3n) is 8.33. The molecule has 1 aromatic heterocycles. The zero-order valence-electron chi connectivity index (χ0n) is 18.5. The minimum Gasteiger partial charge on any atom is -0.497 e. The number of hydrogen-bond acceptors (Lipinski definition) is 2. The first kappa shape index (κ1) is 19.7. The summed E-state index contributed by atoms with van der Waals surface area (Å²) in [5.74, 6) is 2.53. The Balaban J connectivity index is 1.48. The van der Waals surface area contributed by atoms with Crippen LogP contribution in [0.25, 0.3) is 10.9 Å². The summed E-state index contributed by atoms with van der Waals surface area (Å²) in [6.45, 7) is 3.69. The summed E-state index contributed by atoms with van der Waals surface area (Å²) >= 11 is 6.67. The van der Waals surface area contributed by atoms with E-state index < -0.39 is 0 Å². The van der Waals surface area contributed by atoms with E-state index in [1.165, 1.54) is 66.6 Å². The Bertz CT molecular complexity index is 1150. The predicted octanol–water partition coefficient (Wildman–Crippen LogP) is 5.61. The fourth-order valence-electron chi connectivity index (χ4n) is 6.47. The quantitative estimate of drug-likeness (QED) is 0.531. The molecule has 4 heteroatoms. The molecule has 0 spiro atoms. The Morgan fingerprint density at radius 2 is 2.00 bits per heavy atom. The molecule has 162 valence electrons. The fourth-order valence-corrected chi connectivity index (χ4v) is 6.77. The van der Waals surface area contributed by atoms with Crippen LogP contribution < -0.4 is 4.74 Å². The summed E-state index contributed by atoms with van der Waals surface area (Å²) in [6.07, 6.45) is 6.28. The predicted molar refractivity (Wildman–Crippen MR) is 127 cm³/mol. The molecule has 6 rings (SSSR count). The monoisotopic (exact) mass is 434 g/mol. The number of para-hydroxylation sites is 1. The second-order valence-electron chi connectivity index (χ2n) is 10.0. The van der Waals surface area contributed by atoms with Crippen LogP contribution in [0.2, 0.25) is 5.02 Å². The maximum Gasteiger partial charge on any atom is 0.119 e. The van der Waals surface area contributed by atoms with Crippen molar-refractivity contribution in [1.29, 1.82) is 0 Å². The van der Waals surface area contributed by atoms with Gasteiger partial charge in [0.05, 0.1) is 17.6 Å². The summed E-state index contributed by atoms with van der Waals surface area (Å²) in [7, 11) is 3.98. The number of fused-ring (bicyclic) bond motifs is 4. The molecule has 2 heterocycles. The standard InChI is InChI=1S/C27H31ClN2O/c1-29-25-15-27(19-5-3-6-21(13-19)31-2)11-12-30(16-18-9-10-18)17-20(27)14-23(25)22-7-4-8-24(28)26(22)29/h3-8,13,18,20H,9-12,14-17H2,1-2H3. The zero-order valence-corrected chi connectivity index (χ0v) is 19.3. The van der Waals surface area contributed by atoms with Crippen molar-refractivity contribution < 1.29 is 4.74 Å². The molecule has 31 heavy (non-hydrogen) atoms. The summed E-state index contributed by atoms with van der Waals surface area (Å²) in [6, 6.07) is 15.3. The largest absolute Gasteiger partial charge is 0.497 e. The maximum absolute atomic E-state index is 6.67. The lowest BCUT2D eigenvalue weighted by Gasteiger charge is -2.51. The van der Waals surface area contributed by atoms with Crippen LogP contribution in [-0.2, 0) is 25.3 Å². The molecule has 2 fully saturated rings. The van der Waals surface area contributed by atoms with E-state index in [0.717, 1.165) is 29.5 Å². The van der Waals surface area contributed by atoms with Crippen molar-refractivity contribution in [2.24, 2.45) is 18.9 Å². The van der Waals surface area contributed by atoms with E-state index in [1.807, 2.05) is 6.07 Å². The van der Waals surface area contributed by atoms with Crippen LogP contribution in [0, 0.1) is 11.8 Å². The molecule has 0 amide bonds. The molecule has 2 unspecified atom stereocenters. The number of aryl methyl sites for hydroxylation is 1. The normalized spacial score (nSPS) is 26.0. The first-order valence-electron chi connectivity index (χ1n) is 11.7. The van der Waals surface area contributed by atoms with Gasteiger partial charge < -0.3 is 14.2 Å². The molecule has 2 aliphatic carbocycles.